The quantitative estimate of drug-likeness (QED) is 0.621. The number of hydrogen-bond donors (Lipinski definition) is 0. The van der Waals surface area contributed by atoms with Crippen LogP contribution in [0.4, 0.5) is 0 Å². The van der Waals surface area contributed by atoms with E-state index in [2.05, 4.69) is 30.2 Å². The fourth-order valence-corrected chi connectivity index (χ4v) is 1.00. The molecule has 0 aliphatic carbocycles. The molecular formula is C7H8ClN2. The minimum absolute atomic E-state index is 0.388. The normalized spacial score (nSPS) is 10.4. The second-order valence-corrected chi connectivity index (χ2v) is 2.73. The zero-order chi connectivity index (χ0) is 7.56. The van der Waals surface area contributed by atoms with E-state index in [0.29, 0.717) is 11.1 Å². The van der Waals surface area contributed by atoms with Crippen molar-refractivity contribution < 1.29 is 0 Å². The molecular weight excluding hydrogens is 148 g/mol. The van der Waals surface area contributed by atoms with Crippen molar-refractivity contribution in [2.24, 2.45) is 0 Å². The second-order valence-electron chi connectivity index (χ2n) is 2.37. The molecule has 10 heavy (non-hydrogen) atoms. The van der Waals surface area contributed by atoms with Gasteiger partial charge in [-0.3, -0.25) is 0 Å². The van der Waals surface area contributed by atoms with Crippen molar-refractivity contribution in [1.82, 2.24) is 10.2 Å². The molecule has 0 unspecified atom stereocenters. The number of hydrogen-bond acceptors (Lipinski definition) is 2. The number of nitrogens with zero attached hydrogens (tertiary/aromatic N) is 2. The molecule has 3 heteroatoms. The van der Waals surface area contributed by atoms with Crippen molar-refractivity contribution in [2.75, 3.05) is 0 Å². The highest BCUT2D eigenvalue weighted by Crippen LogP contribution is 2.19. The first-order valence-corrected chi connectivity index (χ1v) is 3.48. The predicted molar refractivity (Wildman–Crippen MR) is 40.0 cm³/mol. The number of halogens is 1. The predicted octanol–water partition coefficient (Wildman–Crippen LogP) is 2.05. The summed E-state index contributed by atoms with van der Waals surface area (Å²) < 4.78 is 0. The maximum atomic E-state index is 5.73. The van der Waals surface area contributed by atoms with Crippen LogP contribution in [0.2, 0.25) is 5.15 Å². The Hall–Kier alpha value is -0.630. The lowest BCUT2D eigenvalue weighted by molar-refractivity contribution is 0.840. The van der Waals surface area contributed by atoms with Crippen LogP contribution in [0, 0.1) is 6.20 Å². The van der Waals surface area contributed by atoms with Gasteiger partial charge < -0.3 is 0 Å². The van der Waals surface area contributed by atoms with Crippen molar-refractivity contribution in [3.05, 3.63) is 23.0 Å². The van der Waals surface area contributed by atoms with E-state index in [1.165, 1.54) is 0 Å². The molecule has 0 aliphatic rings. The van der Waals surface area contributed by atoms with Crippen molar-refractivity contribution in [3.8, 4) is 0 Å². The molecule has 1 rings (SSSR count). The summed E-state index contributed by atoms with van der Waals surface area (Å²) in [6.45, 7) is 4.10. The van der Waals surface area contributed by atoms with Gasteiger partial charge in [0.2, 0.25) is 0 Å². The van der Waals surface area contributed by atoms with E-state index < -0.39 is 0 Å². The number of rotatable bonds is 1. The molecule has 0 aliphatic heterocycles. The summed E-state index contributed by atoms with van der Waals surface area (Å²) in [6.07, 6.45) is 2.64. The highest BCUT2D eigenvalue weighted by Gasteiger charge is 2.04. The molecule has 0 aromatic carbocycles. The third-order valence-corrected chi connectivity index (χ3v) is 1.57. The smallest absolute Gasteiger partial charge is 0.147 e. The topological polar surface area (TPSA) is 25.8 Å². The molecule has 0 saturated carbocycles. The van der Waals surface area contributed by atoms with Gasteiger partial charge in [-0.1, -0.05) is 25.4 Å². The van der Waals surface area contributed by atoms with E-state index in [-0.39, 0.29) is 0 Å². The monoisotopic (exact) mass is 155 g/mol. The summed E-state index contributed by atoms with van der Waals surface area (Å²) in [5, 5.41) is 7.66. The van der Waals surface area contributed by atoms with Crippen molar-refractivity contribution in [1.29, 1.82) is 0 Å². The molecule has 1 aromatic heterocycles. The average Bonchev–Trinajstić information content (AvgIpc) is 1.88. The Kier molecular flexibility index (Phi) is 2.22. The Morgan fingerprint density at radius 2 is 2.30 bits per heavy atom. The zero-order valence-corrected chi connectivity index (χ0v) is 6.68. The Bertz CT molecular complexity index is 223. The van der Waals surface area contributed by atoms with E-state index in [1.54, 1.807) is 6.07 Å². The Labute approximate surface area is 65.2 Å². The van der Waals surface area contributed by atoms with Gasteiger partial charge in [-0.15, -0.1) is 10.2 Å². The third-order valence-electron chi connectivity index (χ3n) is 1.28. The SMILES string of the molecule is CC(C)c1c[c]nnc1Cl. The summed E-state index contributed by atoms with van der Waals surface area (Å²) in [4.78, 5) is 0. The van der Waals surface area contributed by atoms with Gasteiger partial charge in [-0.05, 0) is 17.5 Å². The molecule has 0 N–H and O–H groups in total. The van der Waals surface area contributed by atoms with E-state index in [4.69, 9.17) is 11.6 Å². The van der Waals surface area contributed by atoms with Gasteiger partial charge in [-0.25, -0.2) is 0 Å². The summed E-state index contributed by atoms with van der Waals surface area (Å²) in [5.74, 6) is 0.388. The highest BCUT2D eigenvalue weighted by atomic mass is 35.5. The second kappa shape index (κ2) is 2.97. The molecule has 0 spiro atoms. The molecule has 0 fully saturated rings. The maximum Gasteiger partial charge on any atom is 0.155 e. The van der Waals surface area contributed by atoms with Crippen LogP contribution in [0.25, 0.3) is 0 Å². The summed E-state index contributed by atoms with van der Waals surface area (Å²) in [6, 6.07) is 1.76. The fourth-order valence-electron chi connectivity index (χ4n) is 0.693. The van der Waals surface area contributed by atoms with Crippen LogP contribution in [0.3, 0.4) is 0 Å². The maximum absolute atomic E-state index is 5.73. The summed E-state index contributed by atoms with van der Waals surface area (Å²) in [7, 11) is 0. The van der Waals surface area contributed by atoms with E-state index in [9.17, 15) is 0 Å². The van der Waals surface area contributed by atoms with Gasteiger partial charge in [-0.2, -0.15) is 0 Å². The van der Waals surface area contributed by atoms with Gasteiger partial charge in [0.25, 0.3) is 0 Å². The molecule has 0 atom stereocenters. The highest BCUT2D eigenvalue weighted by molar-refractivity contribution is 6.30. The summed E-state index contributed by atoms with van der Waals surface area (Å²) >= 11 is 5.73. The van der Waals surface area contributed by atoms with E-state index in [0.717, 1.165) is 5.56 Å². The van der Waals surface area contributed by atoms with Gasteiger partial charge in [0.15, 0.2) is 5.15 Å². The summed E-state index contributed by atoms with van der Waals surface area (Å²) in [5.41, 5.74) is 0.997. The van der Waals surface area contributed by atoms with Crippen LogP contribution in [0.15, 0.2) is 6.07 Å². The number of aromatic nitrogens is 2. The van der Waals surface area contributed by atoms with E-state index in [1.807, 2.05) is 0 Å². The first-order valence-electron chi connectivity index (χ1n) is 3.11. The molecule has 53 valence electrons. The molecule has 0 amide bonds. The molecule has 0 saturated heterocycles. The van der Waals surface area contributed by atoms with Crippen LogP contribution in [-0.4, -0.2) is 10.2 Å². The molecule has 1 radical (unpaired) electrons. The Morgan fingerprint density at radius 1 is 1.60 bits per heavy atom. The lowest BCUT2D eigenvalue weighted by Gasteiger charge is -2.03. The van der Waals surface area contributed by atoms with Crippen molar-refractivity contribution >= 4 is 11.6 Å². The van der Waals surface area contributed by atoms with E-state index >= 15 is 0 Å². The van der Waals surface area contributed by atoms with Gasteiger partial charge >= 0.3 is 0 Å². The molecule has 1 heterocycles. The Balaban J connectivity index is 3.03. The fraction of sp³-hybridized carbons (Fsp3) is 0.429. The van der Waals surface area contributed by atoms with Gasteiger partial charge in [0.05, 0.1) is 0 Å². The van der Waals surface area contributed by atoms with Gasteiger partial charge in [0, 0.05) is 0 Å². The van der Waals surface area contributed by atoms with Crippen LogP contribution in [0.5, 0.6) is 0 Å². The van der Waals surface area contributed by atoms with Crippen LogP contribution < -0.4 is 0 Å². The Morgan fingerprint density at radius 3 is 2.70 bits per heavy atom. The first-order chi connectivity index (χ1) is 4.72. The van der Waals surface area contributed by atoms with Crippen LogP contribution >= 0.6 is 11.6 Å². The zero-order valence-electron chi connectivity index (χ0n) is 5.93. The minimum atomic E-state index is 0.388. The van der Waals surface area contributed by atoms with Crippen molar-refractivity contribution in [2.45, 2.75) is 19.8 Å². The first kappa shape index (κ1) is 7.48. The van der Waals surface area contributed by atoms with Gasteiger partial charge in [0.1, 0.15) is 6.20 Å². The lowest BCUT2D eigenvalue weighted by Crippen LogP contribution is -1.92. The molecule has 2 nitrogen and oxygen atoms in total. The third kappa shape index (κ3) is 1.45. The lowest BCUT2D eigenvalue weighted by atomic mass is 10.1. The molecule has 0 bridgehead atoms. The molecule has 1 aromatic rings. The van der Waals surface area contributed by atoms with Crippen LogP contribution in [-0.2, 0) is 0 Å². The van der Waals surface area contributed by atoms with Crippen LogP contribution in [0.1, 0.15) is 25.3 Å². The van der Waals surface area contributed by atoms with Crippen molar-refractivity contribution in [3.63, 3.8) is 0 Å². The average molecular weight is 156 g/mol. The minimum Gasteiger partial charge on any atom is -0.147 e. The standard InChI is InChI=1S/C7H8ClN2/c1-5(2)6-3-4-9-10-7(6)8/h3,5H,1-2H3. The largest absolute Gasteiger partial charge is 0.155 e.